The fourth-order valence-electron chi connectivity index (χ4n) is 6.16. The van der Waals surface area contributed by atoms with Crippen LogP contribution in [0.5, 0.6) is 5.75 Å². The summed E-state index contributed by atoms with van der Waals surface area (Å²) in [4.78, 5) is 40.6. The number of carbonyl (C=O) groups excluding carboxylic acids is 3. The number of amides is 1. The van der Waals surface area contributed by atoms with Gasteiger partial charge in [-0.05, 0) is 69.0 Å². The van der Waals surface area contributed by atoms with E-state index in [0.717, 1.165) is 5.56 Å². The molecule has 0 unspecified atom stereocenters. The Morgan fingerprint density at radius 1 is 1.18 bits per heavy atom. The van der Waals surface area contributed by atoms with Crippen molar-refractivity contribution in [3.8, 4) is 5.75 Å². The summed E-state index contributed by atoms with van der Waals surface area (Å²) in [7, 11) is 3.12. The van der Waals surface area contributed by atoms with Crippen LogP contribution in [0.3, 0.4) is 0 Å². The number of aromatic hydroxyl groups is 1. The van der Waals surface area contributed by atoms with Gasteiger partial charge in [-0.25, -0.2) is 0 Å². The molecular formula is C29H33N3O7. The zero-order chi connectivity index (χ0) is 28.8. The molecule has 0 bridgehead atoms. The van der Waals surface area contributed by atoms with Crippen LogP contribution in [-0.2, 0) is 27.2 Å². The Morgan fingerprint density at radius 2 is 1.87 bits per heavy atom. The first-order valence-corrected chi connectivity index (χ1v) is 12.6. The van der Waals surface area contributed by atoms with Crippen molar-refractivity contribution in [2.45, 2.75) is 37.3 Å². The zero-order valence-electron chi connectivity index (χ0n) is 21.8. The second-order valence-corrected chi connectivity index (χ2v) is 10.4. The summed E-state index contributed by atoms with van der Waals surface area (Å²) in [5.74, 6) is -6.70. The molecule has 0 aromatic heterocycles. The number of aliphatic hydroxyl groups is 3. The van der Waals surface area contributed by atoms with Gasteiger partial charge in [-0.15, -0.1) is 0 Å². The lowest BCUT2D eigenvalue weighted by atomic mass is 9.57. The number of nitrogens with two attached hydrogens (primary N) is 2. The van der Waals surface area contributed by atoms with Crippen molar-refractivity contribution in [1.29, 1.82) is 0 Å². The van der Waals surface area contributed by atoms with Gasteiger partial charge in [-0.3, -0.25) is 19.3 Å². The zero-order valence-corrected chi connectivity index (χ0v) is 21.8. The summed E-state index contributed by atoms with van der Waals surface area (Å²) in [6, 6.07) is 2.03. The number of phenols is 1. The largest absolute Gasteiger partial charge is 0.508 e. The molecule has 1 aromatic rings. The molecule has 10 heteroatoms. The topological polar surface area (TPSA) is 187 Å². The van der Waals surface area contributed by atoms with E-state index in [1.54, 1.807) is 44.5 Å². The molecule has 39 heavy (non-hydrogen) atoms. The lowest BCUT2D eigenvalue weighted by Gasteiger charge is -2.50. The maximum atomic E-state index is 13.9. The molecule has 206 valence electrons. The second-order valence-electron chi connectivity index (χ2n) is 10.4. The number of fused-ring (bicyclic) bond motifs is 3. The van der Waals surface area contributed by atoms with E-state index in [-0.39, 0.29) is 29.7 Å². The van der Waals surface area contributed by atoms with Crippen LogP contribution in [0.4, 0.5) is 0 Å². The maximum Gasteiger partial charge on any atom is 0.255 e. The van der Waals surface area contributed by atoms with Gasteiger partial charge < -0.3 is 31.9 Å². The minimum Gasteiger partial charge on any atom is -0.508 e. The third-order valence-corrected chi connectivity index (χ3v) is 7.94. The van der Waals surface area contributed by atoms with E-state index >= 15 is 0 Å². The average Bonchev–Trinajstić information content (AvgIpc) is 2.85. The van der Waals surface area contributed by atoms with Crippen LogP contribution in [0.15, 0.2) is 65.6 Å². The number of rotatable bonds is 7. The van der Waals surface area contributed by atoms with Gasteiger partial charge >= 0.3 is 0 Å². The van der Waals surface area contributed by atoms with Gasteiger partial charge in [-0.2, -0.15) is 0 Å². The molecule has 0 aliphatic heterocycles. The average molecular weight is 536 g/mol. The molecule has 3 aliphatic rings. The Morgan fingerprint density at radius 3 is 2.49 bits per heavy atom. The molecule has 0 saturated heterocycles. The van der Waals surface area contributed by atoms with Crippen molar-refractivity contribution in [2.24, 2.45) is 23.3 Å². The van der Waals surface area contributed by atoms with Crippen LogP contribution < -0.4 is 11.5 Å². The number of nitrogens with zero attached hydrogens (tertiary/aromatic N) is 1. The van der Waals surface area contributed by atoms with Crippen LogP contribution in [0.25, 0.3) is 5.76 Å². The third-order valence-electron chi connectivity index (χ3n) is 7.94. The number of carbonyl (C=O) groups is 3. The van der Waals surface area contributed by atoms with E-state index in [1.165, 1.54) is 11.0 Å². The highest BCUT2D eigenvalue weighted by Crippen LogP contribution is 2.53. The minimum absolute atomic E-state index is 0.0370. The van der Waals surface area contributed by atoms with E-state index in [9.17, 15) is 34.8 Å². The molecule has 1 saturated carbocycles. The van der Waals surface area contributed by atoms with Crippen LogP contribution in [0.1, 0.15) is 29.5 Å². The van der Waals surface area contributed by atoms with Gasteiger partial charge in [0.15, 0.2) is 11.4 Å². The standard InChI is InChI=1S/C29H33N3O7/c1-4-5-6-7-16(30)10-8-14-9-11-19(33)21-17(14)12-15-13-18-23(32(2)3)25(35)22(28(31)38)27(37)29(18,39)26(36)20(15)24(21)34/h4-7,9,11,15,18,23,33-34,37,39H,1,8,10,12-13,30H2,2-3H3,(H2,31,38)/b6-5-,16-7-/t15-,18-,23-,29-/m0/s1. The molecule has 0 heterocycles. The highest BCUT2D eigenvalue weighted by atomic mass is 16.3. The molecule has 4 atom stereocenters. The number of ketones is 2. The Balaban J connectivity index is 1.83. The van der Waals surface area contributed by atoms with Crippen molar-refractivity contribution < 1.29 is 34.8 Å². The predicted molar refractivity (Wildman–Crippen MR) is 144 cm³/mol. The lowest BCUT2D eigenvalue weighted by Crippen LogP contribution is -2.65. The second kappa shape index (κ2) is 10.2. The molecule has 10 nitrogen and oxygen atoms in total. The quantitative estimate of drug-likeness (QED) is 0.222. The number of hydrogen-bond acceptors (Lipinski definition) is 9. The Kier molecular flexibility index (Phi) is 7.29. The number of allylic oxidation sites excluding steroid dienone is 5. The molecule has 3 aliphatic carbocycles. The molecule has 0 radical (unpaired) electrons. The van der Waals surface area contributed by atoms with Crippen molar-refractivity contribution in [2.75, 3.05) is 14.1 Å². The first-order valence-electron chi connectivity index (χ1n) is 12.6. The number of primary amides is 1. The summed E-state index contributed by atoms with van der Waals surface area (Å²) < 4.78 is 0. The van der Waals surface area contributed by atoms with Gasteiger partial charge in [0.25, 0.3) is 5.91 Å². The molecule has 8 N–H and O–H groups in total. The fraction of sp³-hybridized carbons (Fsp3) is 0.345. The fourth-order valence-corrected chi connectivity index (χ4v) is 6.16. The van der Waals surface area contributed by atoms with Crippen molar-refractivity contribution in [1.82, 2.24) is 4.90 Å². The van der Waals surface area contributed by atoms with Crippen molar-refractivity contribution >= 4 is 23.2 Å². The number of phenolic OH excluding ortho intramolecular Hbond substituents is 1. The van der Waals surface area contributed by atoms with E-state index in [0.29, 0.717) is 24.1 Å². The smallest absolute Gasteiger partial charge is 0.255 e. The molecule has 4 rings (SSSR count). The highest BCUT2D eigenvalue weighted by Gasteiger charge is 2.64. The van der Waals surface area contributed by atoms with E-state index < -0.39 is 58.0 Å². The first kappa shape index (κ1) is 27.9. The summed E-state index contributed by atoms with van der Waals surface area (Å²) in [5.41, 5.74) is 9.91. The predicted octanol–water partition coefficient (Wildman–Crippen LogP) is 1.48. The van der Waals surface area contributed by atoms with Crippen LogP contribution in [0.2, 0.25) is 0 Å². The Bertz CT molecular complexity index is 1400. The number of aryl methyl sites for hydroxylation is 1. The van der Waals surface area contributed by atoms with Crippen LogP contribution >= 0.6 is 0 Å². The summed E-state index contributed by atoms with van der Waals surface area (Å²) in [5, 5.41) is 44.5. The minimum atomic E-state index is -2.66. The number of benzene rings is 1. The molecule has 1 amide bonds. The van der Waals surface area contributed by atoms with Crippen LogP contribution in [-0.4, -0.2) is 68.5 Å². The Labute approximate surface area is 225 Å². The molecule has 1 aromatic carbocycles. The van der Waals surface area contributed by atoms with Crippen LogP contribution in [0, 0.1) is 11.8 Å². The monoisotopic (exact) mass is 535 g/mol. The highest BCUT2D eigenvalue weighted by molar-refractivity contribution is 6.24. The van der Waals surface area contributed by atoms with Gasteiger partial charge in [0.1, 0.15) is 22.8 Å². The summed E-state index contributed by atoms with van der Waals surface area (Å²) in [6.07, 6.45) is 8.16. The van der Waals surface area contributed by atoms with Gasteiger partial charge in [0.05, 0.1) is 11.6 Å². The molecular weight excluding hydrogens is 502 g/mol. The number of likely N-dealkylation sites (N-methyl/N-ethyl adjacent to an activating group) is 1. The first-order chi connectivity index (χ1) is 18.4. The summed E-state index contributed by atoms with van der Waals surface area (Å²) in [6.45, 7) is 3.61. The molecule has 0 spiro atoms. The van der Waals surface area contributed by atoms with Crippen molar-refractivity contribution in [3.63, 3.8) is 0 Å². The van der Waals surface area contributed by atoms with Gasteiger partial charge in [0, 0.05) is 17.2 Å². The van der Waals surface area contributed by atoms with E-state index in [1.807, 2.05) is 0 Å². The van der Waals surface area contributed by atoms with Gasteiger partial charge in [-0.1, -0.05) is 30.9 Å². The summed E-state index contributed by atoms with van der Waals surface area (Å²) >= 11 is 0. The van der Waals surface area contributed by atoms with E-state index in [4.69, 9.17) is 11.5 Å². The number of Topliss-reactive ketones (excluding diaryl/α,β-unsaturated/α-hetero) is 2. The van der Waals surface area contributed by atoms with Crippen molar-refractivity contribution in [3.05, 3.63) is 82.3 Å². The maximum absolute atomic E-state index is 13.9. The number of aliphatic hydroxyl groups excluding tert-OH is 2. The third kappa shape index (κ3) is 4.35. The molecule has 1 fully saturated rings. The van der Waals surface area contributed by atoms with Gasteiger partial charge in [0.2, 0.25) is 5.78 Å². The Hall–Kier alpha value is -4.15. The van der Waals surface area contributed by atoms with E-state index in [2.05, 4.69) is 6.58 Å². The SMILES string of the molecule is C=C/C=C\C=C(/N)CCc1ccc(O)c2c1C[C@H]1C[C@H]3[C@H](N(C)C)C(=O)C(C(N)=O)=C(O)[C@@]3(O)C(=O)C1=C2O. The lowest BCUT2D eigenvalue weighted by molar-refractivity contribution is -0.153. The number of hydrogen-bond donors (Lipinski definition) is 6. The normalized spacial score (nSPS) is 27.1.